The van der Waals surface area contributed by atoms with Gasteiger partial charge in [0.05, 0.1) is 24.0 Å². The number of anilines is 1. The van der Waals surface area contributed by atoms with Crippen LogP contribution in [0.5, 0.6) is 0 Å². The maximum Gasteiger partial charge on any atom is 0.219 e. The Morgan fingerprint density at radius 3 is 2.56 bits per heavy atom. The Balaban J connectivity index is 2.42. The van der Waals surface area contributed by atoms with Crippen molar-refractivity contribution in [2.24, 2.45) is 0 Å². The van der Waals surface area contributed by atoms with Crippen LogP contribution in [0, 0.1) is 0 Å². The third-order valence-corrected chi connectivity index (χ3v) is 6.28. The Labute approximate surface area is 149 Å². The van der Waals surface area contributed by atoms with Crippen molar-refractivity contribution in [2.75, 3.05) is 38.3 Å². The first-order chi connectivity index (χ1) is 11.7. The van der Waals surface area contributed by atoms with E-state index in [1.54, 1.807) is 18.9 Å². The zero-order chi connectivity index (χ0) is 18.8. The molecule has 0 aliphatic carbocycles. The van der Waals surface area contributed by atoms with Crippen LogP contribution in [-0.2, 0) is 21.4 Å². The van der Waals surface area contributed by atoms with Gasteiger partial charge >= 0.3 is 0 Å². The summed E-state index contributed by atoms with van der Waals surface area (Å²) >= 11 is 0. The van der Waals surface area contributed by atoms with Gasteiger partial charge in [-0.2, -0.15) is 4.31 Å². The van der Waals surface area contributed by atoms with Crippen molar-refractivity contribution in [1.29, 1.82) is 0 Å². The molecule has 0 radical (unpaired) electrons. The standard InChI is InChI=1S/C16H27N5O3S/c1-6-25(23,24)21-9-7-8-14(21)16-17-13(11-20(5)12(2)22)10-15(18-16)19(3)4/h10,14H,6-9,11H2,1-5H3. The summed E-state index contributed by atoms with van der Waals surface area (Å²) in [7, 11) is 2.16. The van der Waals surface area contributed by atoms with Gasteiger partial charge in [0.1, 0.15) is 11.6 Å². The van der Waals surface area contributed by atoms with E-state index in [4.69, 9.17) is 0 Å². The first-order valence-electron chi connectivity index (χ1n) is 8.42. The predicted molar refractivity (Wildman–Crippen MR) is 96.6 cm³/mol. The van der Waals surface area contributed by atoms with Crippen LogP contribution in [0.3, 0.4) is 0 Å². The highest BCUT2D eigenvalue weighted by Crippen LogP contribution is 2.33. The summed E-state index contributed by atoms with van der Waals surface area (Å²) in [4.78, 5) is 24.1. The molecule has 0 saturated carbocycles. The first kappa shape index (κ1) is 19.6. The molecular weight excluding hydrogens is 342 g/mol. The summed E-state index contributed by atoms with van der Waals surface area (Å²) in [5.74, 6) is 1.23. The fourth-order valence-corrected chi connectivity index (χ4v) is 4.14. The number of amides is 1. The lowest BCUT2D eigenvalue weighted by Crippen LogP contribution is -2.33. The van der Waals surface area contributed by atoms with Gasteiger partial charge in [-0.05, 0) is 19.8 Å². The normalized spacial score (nSPS) is 18.4. The van der Waals surface area contributed by atoms with Crippen molar-refractivity contribution in [3.05, 3.63) is 17.6 Å². The minimum Gasteiger partial charge on any atom is -0.363 e. The zero-order valence-corrected chi connectivity index (χ0v) is 16.4. The minimum absolute atomic E-state index is 0.0531. The molecule has 9 heteroatoms. The highest BCUT2D eigenvalue weighted by atomic mass is 32.2. The number of carbonyl (C=O) groups excluding carboxylic acids is 1. The molecule has 0 bridgehead atoms. The minimum atomic E-state index is -3.30. The maximum absolute atomic E-state index is 12.4. The smallest absolute Gasteiger partial charge is 0.219 e. The van der Waals surface area contributed by atoms with Crippen molar-refractivity contribution < 1.29 is 13.2 Å². The van der Waals surface area contributed by atoms with E-state index in [9.17, 15) is 13.2 Å². The Hall–Kier alpha value is -1.74. The number of nitrogens with zero attached hydrogens (tertiary/aromatic N) is 5. The van der Waals surface area contributed by atoms with Crippen LogP contribution in [0.2, 0.25) is 0 Å². The van der Waals surface area contributed by atoms with Gasteiger partial charge in [0.25, 0.3) is 0 Å². The number of aromatic nitrogens is 2. The fourth-order valence-electron chi connectivity index (χ4n) is 2.81. The van der Waals surface area contributed by atoms with Gasteiger partial charge in [-0.3, -0.25) is 4.79 Å². The van der Waals surface area contributed by atoms with Crippen molar-refractivity contribution in [2.45, 2.75) is 39.3 Å². The number of hydrogen-bond acceptors (Lipinski definition) is 6. The lowest BCUT2D eigenvalue weighted by molar-refractivity contribution is -0.128. The second-order valence-electron chi connectivity index (χ2n) is 6.51. The number of hydrogen-bond donors (Lipinski definition) is 0. The first-order valence-corrected chi connectivity index (χ1v) is 10.0. The number of carbonyl (C=O) groups is 1. The van der Waals surface area contributed by atoms with E-state index in [0.717, 1.165) is 6.42 Å². The third kappa shape index (κ3) is 4.46. The average molecular weight is 369 g/mol. The molecule has 0 aromatic carbocycles. The molecular formula is C16H27N5O3S. The molecule has 1 aromatic heterocycles. The van der Waals surface area contributed by atoms with E-state index in [1.807, 2.05) is 25.1 Å². The number of rotatable bonds is 6. The molecule has 1 saturated heterocycles. The zero-order valence-electron chi connectivity index (χ0n) is 15.6. The highest BCUT2D eigenvalue weighted by molar-refractivity contribution is 7.89. The Morgan fingerprint density at radius 2 is 2.00 bits per heavy atom. The molecule has 1 amide bonds. The second-order valence-corrected chi connectivity index (χ2v) is 8.72. The topological polar surface area (TPSA) is 86.7 Å². The van der Waals surface area contributed by atoms with Crippen LogP contribution < -0.4 is 4.90 Å². The van der Waals surface area contributed by atoms with Gasteiger partial charge in [-0.15, -0.1) is 0 Å². The number of sulfonamides is 1. The largest absolute Gasteiger partial charge is 0.363 e. The summed E-state index contributed by atoms with van der Waals surface area (Å²) < 4.78 is 26.2. The van der Waals surface area contributed by atoms with Gasteiger partial charge < -0.3 is 9.80 Å². The average Bonchev–Trinajstić information content (AvgIpc) is 3.04. The van der Waals surface area contributed by atoms with E-state index >= 15 is 0 Å². The molecule has 1 aliphatic rings. The van der Waals surface area contributed by atoms with Crippen LogP contribution in [-0.4, -0.2) is 66.9 Å². The van der Waals surface area contributed by atoms with Gasteiger partial charge in [0, 0.05) is 40.7 Å². The van der Waals surface area contributed by atoms with Gasteiger partial charge in [0.2, 0.25) is 15.9 Å². The van der Waals surface area contributed by atoms with Crippen molar-refractivity contribution in [1.82, 2.24) is 19.2 Å². The Morgan fingerprint density at radius 1 is 1.32 bits per heavy atom. The van der Waals surface area contributed by atoms with Gasteiger partial charge in [0.15, 0.2) is 0 Å². The lowest BCUT2D eigenvalue weighted by Gasteiger charge is -2.24. The van der Waals surface area contributed by atoms with Crippen molar-refractivity contribution >= 4 is 21.7 Å². The molecule has 2 rings (SSSR count). The molecule has 1 fully saturated rings. The van der Waals surface area contributed by atoms with Crippen LogP contribution in [0.25, 0.3) is 0 Å². The highest BCUT2D eigenvalue weighted by Gasteiger charge is 2.36. The summed E-state index contributed by atoms with van der Waals surface area (Å²) in [5, 5.41) is 0. The molecule has 1 unspecified atom stereocenters. The van der Waals surface area contributed by atoms with E-state index in [1.165, 1.54) is 11.2 Å². The molecule has 2 heterocycles. The quantitative estimate of drug-likeness (QED) is 0.744. The molecule has 8 nitrogen and oxygen atoms in total. The van der Waals surface area contributed by atoms with Crippen LogP contribution in [0.1, 0.15) is 44.2 Å². The van der Waals surface area contributed by atoms with E-state index in [-0.39, 0.29) is 17.7 Å². The van der Waals surface area contributed by atoms with Crippen molar-refractivity contribution in [3.8, 4) is 0 Å². The Bertz CT molecular complexity index is 735. The third-order valence-electron chi connectivity index (χ3n) is 4.40. The molecule has 0 N–H and O–H groups in total. The molecule has 1 aliphatic heterocycles. The van der Waals surface area contributed by atoms with Gasteiger partial charge in [-0.1, -0.05) is 0 Å². The molecule has 25 heavy (non-hydrogen) atoms. The molecule has 1 atom stereocenters. The SMILES string of the molecule is CCS(=O)(=O)N1CCCC1c1nc(CN(C)C(C)=O)cc(N(C)C)n1. The van der Waals surface area contributed by atoms with Crippen molar-refractivity contribution in [3.63, 3.8) is 0 Å². The predicted octanol–water partition coefficient (Wildman–Crippen LogP) is 1.01. The monoisotopic (exact) mass is 369 g/mol. The molecule has 1 aromatic rings. The van der Waals surface area contributed by atoms with E-state index in [0.29, 0.717) is 36.8 Å². The van der Waals surface area contributed by atoms with E-state index in [2.05, 4.69) is 9.97 Å². The van der Waals surface area contributed by atoms with Crippen LogP contribution >= 0.6 is 0 Å². The molecule has 140 valence electrons. The lowest BCUT2D eigenvalue weighted by atomic mass is 10.2. The summed E-state index contributed by atoms with van der Waals surface area (Å²) in [5.41, 5.74) is 0.701. The second kappa shape index (κ2) is 7.65. The summed E-state index contributed by atoms with van der Waals surface area (Å²) in [6.45, 7) is 4.01. The molecule has 0 spiro atoms. The summed E-state index contributed by atoms with van der Waals surface area (Å²) in [6, 6.07) is 1.49. The maximum atomic E-state index is 12.4. The van der Waals surface area contributed by atoms with Crippen LogP contribution in [0.15, 0.2) is 6.07 Å². The van der Waals surface area contributed by atoms with Crippen LogP contribution in [0.4, 0.5) is 5.82 Å². The fraction of sp³-hybridized carbons (Fsp3) is 0.688. The van der Waals surface area contributed by atoms with Gasteiger partial charge in [-0.25, -0.2) is 18.4 Å². The summed E-state index contributed by atoms with van der Waals surface area (Å²) in [6.07, 6.45) is 1.50. The Kier molecular flexibility index (Phi) is 5.99. The van der Waals surface area contributed by atoms with E-state index < -0.39 is 10.0 Å².